The number of aliphatic hydroxyl groups is 1. The van der Waals surface area contributed by atoms with E-state index in [-0.39, 0.29) is 12.5 Å². The van der Waals surface area contributed by atoms with Crippen molar-refractivity contribution < 1.29 is 19.7 Å². The van der Waals surface area contributed by atoms with Gasteiger partial charge in [-0.2, -0.15) is 5.10 Å². The molecule has 7 heteroatoms. The number of hydrogen-bond acceptors (Lipinski definition) is 4. The number of hydrogen-bond donors (Lipinski definition) is 3. The Morgan fingerprint density at radius 2 is 2.15 bits per heavy atom. The summed E-state index contributed by atoms with van der Waals surface area (Å²) in [7, 11) is 1.70. The zero-order valence-corrected chi connectivity index (χ0v) is 16.4. The number of nitrogens with zero attached hydrogens (tertiary/aromatic N) is 2. The van der Waals surface area contributed by atoms with E-state index in [2.05, 4.69) is 42.5 Å². The van der Waals surface area contributed by atoms with Gasteiger partial charge in [-0.25, -0.2) is 4.79 Å². The predicted molar refractivity (Wildman–Crippen MR) is 105 cm³/mol. The molecular weight excluding hydrogens is 346 g/mol. The first kappa shape index (κ1) is 21.2. The summed E-state index contributed by atoms with van der Waals surface area (Å²) in [6.07, 6.45) is 3.12. The third kappa shape index (κ3) is 6.22. The third-order valence-electron chi connectivity index (χ3n) is 5.00. The standard InChI is InChI=1S/C20H31N3O4/c1-14(2)17(11-18(13-24)22-20(25)26)9-15-5-6-16-12-21-23(19(16)10-15)7-4-8-27-3/h5-6,10,12,14,17-18,22,24H,4,7-9,11,13H2,1-3H3,(H,25,26)/t17-,18+/m1/s1. The lowest BCUT2D eigenvalue weighted by Gasteiger charge is -2.25. The number of carboxylic acid groups (broad SMARTS) is 1. The quantitative estimate of drug-likeness (QED) is 0.523. The molecule has 2 aromatic rings. The van der Waals surface area contributed by atoms with Crippen LogP contribution in [0.25, 0.3) is 10.9 Å². The minimum absolute atomic E-state index is 0.194. The molecule has 1 aromatic heterocycles. The molecule has 7 nitrogen and oxygen atoms in total. The lowest BCUT2D eigenvalue weighted by atomic mass is 9.84. The van der Waals surface area contributed by atoms with Gasteiger partial charge in [0.1, 0.15) is 0 Å². The number of nitrogens with one attached hydrogen (secondary N) is 1. The van der Waals surface area contributed by atoms with Crippen molar-refractivity contribution in [1.29, 1.82) is 0 Å². The average Bonchev–Trinajstić information content (AvgIpc) is 3.02. The first-order valence-corrected chi connectivity index (χ1v) is 9.48. The monoisotopic (exact) mass is 377 g/mol. The van der Waals surface area contributed by atoms with Crippen molar-refractivity contribution in [3.63, 3.8) is 0 Å². The van der Waals surface area contributed by atoms with Gasteiger partial charge in [-0.3, -0.25) is 4.68 Å². The van der Waals surface area contributed by atoms with Gasteiger partial charge >= 0.3 is 6.09 Å². The molecule has 0 radical (unpaired) electrons. The number of aromatic nitrogens is 2. The van der Waals surface area contributed by atoms with Gasteiger partial charge in [0.2, 0.25) is 0 Å². The fourth-order valence-electron chi connectivity index (χ4n) is 3.39. The first-order valence-electron chi connectivity index (χ1n) is 9.48. The Morgan fingerprint density at radius 1 is 1.37 bits per heavy atom. The Hall–Kier alpha value is -2.12. The van der Waals surface area contributed by atoms with Gasteiger partial charge in [0, 0.05) is 25.6 Å². The molecule has 0 saturated carbocycles. The Labute approximate surface area is 160 Å². The van der Waals surface area contributed by atoms with Crippen molar-refractivity contribution in [3.8, 4) is 0 Å². The second kappa shape index (κ2) is 10.3. The molecule has 150 valence electrons. The summed E-state index contributed by atoms with van der Waals surface area (Å²) in [5.74, 6) is 0.633. The van der Waals surface area contributed by atoms with Crippen molar-refractivity contribution in [2.45, 2.75) is 45.7 Å². The van der Waals surface area contributed by atoms with Crippen LogP contribution in [0, 0.1) is 11.8 Å². The Morgan fingerprint density at radius 3 is 2.78 bits per heavy atom. The normalized spacial score (nSPS) is 13.8. The highest BCUT2D eigenvalue weighted by Crippen LogP contribution is 2.25. The van der Waals surface area contributed by atoms with Crippen LogP contribution in [0.3, 0.4) is 0 Å². The van der Waals surface area contributed by atoms with Gasteiger partial charge in [-0.05, 0) is 42.7 Å². The summed E-state index contributed by atoms with van der Waals surface area (Å²) in [4.78, 5) is 10.9. The summed E-state index contributed by atoms with van der Waals surface area (Å²) < 4.78 is 7.13. The van der Waals surface area contributed by atoms with E-state index in [1.54, 1.807) is 7.11 Å². The maximum Gasteiger partial charge on any atom is 0.404 e. The van der Waals surface area contributed by atoms with E-state index >= 15 is 0 Å². The number of methoxy groups -OCH3 is 1. The molecule has 1 heterocycles. The number of carbonyl (C=O) groups is 1. The van der Waals surface area contributed by atoms with Gasteiger partial charge in [0.15, 0.2) is 0 Å². The second-order valence-corrected chi connectivity index (χ2v) is 7.38. The largest absolute Gasteiger partial charge is 0.465 e. The highest BCUT2D eigenvalue weighted by molar-refractivity contribution is 5.79. The van der Waals surface area contributed by atoms with Crippen molar-refractivity contribution in [2.24, 2.45) is 11.8 Å². The number of rotatable bonds is 11. The van der Waals surface area contributed by atoms with Crippen LogP contribution in [-0.4, -0.2) is 52.5 Å². The first-order chi connectivity index (χ1) is 12.9. The summed E-state index contributed by atoms with van der Waals surface area (Å²) in [5.41, 5.74) is 2.30. The maximum absolute atomic E-state index is 10.9. The number of amides is 1. The summed E-state index contributed by atoms with van der Waals surface area (Å²) >= 11 is 0. The van der Waals surface area contributed by atoms with Crippen LogP contribution < -0.4 is 5.32 Å². The molecule has 0 unspecified atom stereocenters. The molecule has 27 heavy (non-hydrogen) atoms. The number of fused-ring (bicyclic) bond motifs is 1. The fourth-order valence-corrected chi connectivity index (χ4v) is 3.39. The maximum atomic E-state index is 10.9. The molecule has 0 bridgehead atoms. The molecule has 2 atom stereocenters. The SMILES string of the molecule is COCCCn1ncc2ccc(C[C@H](C[C@@H](CO)NC(=O)O)C(C)C)cc21. The van der Waals surface area contributed by atoms with Crippen molar-refractivity contribution >= 4 is 17.0 Å². The molecular formula is C20H31N3O4. The smallest absolute Gasteiger partial charge is 0.404 e. The lowest BCUT2D eigenvalue weighted by molar-refractivity contribution is 0.165. The zero-order chi connectivity index (χ0) is 19.8. The average molecular weight is 377 g/mol. The van der Waals surface area contributed by atoms with E-state index in [0.717, 1.165) is 30.3 Å². The summed E-state index contributed by atoms with van der Waals surface area (Å²) in [6, 6.07) is 5.92. The van der Waals surface area contributed by atoms with Crippen LogP contribution in [0.5, 0.6) is 0 Å². The predicted octanol–water partition coefficient (Wildman–Crippen LogP) is 2.91. The van der Waals surface area contributed by atoms with E-state index in [4.69, 9.17) is 9.84 Å². The van der Waals surface area contributed by atoms with Gasteiger partial charge < -0.3 is 20.3 Å². The van der Waals surface area contributed by atoms with Crippen LogP contribution in [0.2, 0.25) is 0 Å². The minimum Gasteiger partial charge on any atom is -0.465 e. The minimum atomic E-state index is -1.10. The number of aryl methyl sites for hydroxylation is 1. The summed E-state index contributed by atoms with van der Waals surface area (Å²) in [5, 5.41) is 26.4. The molecule has 0 aliphatic heterocycles. The molecule has 2 rings (SSSR count). The fraction of sp³-hybridized carbons (Fsp3) is 0.600. The molecule has 0 fully saturated rings. The van der Waals surface area contributed by atoms with Crippen molar-refractivity contribution in [3.05, 3.63) is 30.0 Å². The molecule has 0 spiro atoms. The van der Waals surface area contributed by atoms with E-state index in [0.29, 0.717) is 18.9 Å². The highest BCUT2D eigenvalue weighted by atomic mass is 16.5. The third-order valence-corrected chi connectivity index (χ3v) is 5.00. The topological polar surface area (TPSA) is 96.6 Å². The lowest BCUT2D eigenvalue weighted by Crippen LogP contribution is -2.39. The van der Waals surface area contributed by atoms with E-state index < -0.39 is 12.1 Å². The van der Waals surface area contributed by atoms with Crippen LogP contribution >= 0.6 is 0 Å². The van der Waals surface area contributed by atoms with Crippen LogP contribution in [0.15, 0.2) is 24.4 Å². The van der Waals surface area contributed by atoms with Crippen molar-refractivity contribution in [2.75, 3.05) is 20.3 Å². The van der Waals surface area contributed by atoms with Gasteiger partial charge in [-0.15, -0.1) is 0 Å². The Balaban J connectivity index is 2.13. The molecule has 0 aliphatic carbocycles. The number of aliphatic hydroxyl groups excluding tert-OH is 1. The molecule has 1 amide bonds. The van der Waals surface area contributed by atoms with E-state index in [1.165, 1.54) is 5.56 Å². The van der Waals surface area contributed by atoms with Crippen LogP contribution in [0.1, 0.15) is 32.3 Å². The van der Waals surface area contributed by atoms with E-state index in [1.807, 2.05) is 10.9 Å². The van der Waals surface area contributed by atoms with E-state index in [9.17, 15) is 9.90 Å². The second-order valence-electron chi connectivity index (χ2n) is 7.38. The zero-order valence-electron chi connectivity index (χ0n) is 16.4. The molecule has 0 aliphatic rings. The van der Waals surface area contributed by atoms with Gasteiger partial charge in [0.05, 0.1) is 24.4 Å². The van der Waals surface area contributed by atoms with Crippen LogP contribution in [0.4, 0.5) is 4.79 Å². The molecule has 1 aromatic carbocycles. The summed E-state index contributed by atoms with van der Waals surface area (Å²) in [6.45, 7) is 5.58. The molecule has 3 N–H and O–H groups in total. The number of ether oxygens (including phenoxy) is 1. The Bertz CT molecular complexity index is 729. The Kier molecular flexibility index (Phi) is 8.06. The van der Waals surface area contributed by atoms with Crippen molar-refractivity contribution in [1.82, 2.24) is 15.1 Å². The highest BCUT2D eigenvalue weighted by Gasteiger charge is 2.21. The molecule has 0 saturated heterocycles. The van der Waals surface area contributed by atoms with Gasteiger partial charge in [-0.1, -0.05) is 26.0 Å². The van der Waals surface area contributed by atoms with Gasteiger partial charge in [0.25, 0.3) is 0 Å². The number of benzene rings is 1. The van der Waals surface area contributed by atoms with Crippen LogP contribution in [-0.2, 0) is 17.7 Å².